The van der Waals surface area contributed by atoms with Crippen LogP contribution in [0.4, 0.5) is 5.82 Å². The zero-order valence-corrected chi connectivity index (χ0v) is 11.4. The van der Waals surface area contributed by atoms with Gasteiger partial charge in [-0.3, -0.25) is 0 Å². The predicted octanol–water partition coefficient (Wildman–Crippen LogP) is 2.25. The molecule has 0 amide bonds. The van der Waals surface area contributed by atoms with Crippen LogP contribution >= 0.6 is 11.3 Å². The van der Waals surface area contributed by atoms with Crippen LogP contribution in [0.2, 0.25) is 0 Å². The van der Waals surface area contributed by atoms with Crippen LogP contribution in [0.15, 0.2) is 17.8 Å². The molecule has 2 aromatic heterocycles. The third-order valence-electron chi connectivity index (χ3n) is 3.74. The van der Waals surface area contributed by atoms with Gasteiger partial charge in [0.25, 0.3) is 0 Å². The molecule has 2 N–H and O–H groups in total. The van der Waals surface area contributed by atoms with Gasteiger partial charge in [0.1, 0.15) is 17.0 Å². The van der Waals surface area contributed by atoms with E-state index in [1.807, 2.05) is 0 Å². The van der Waals surface area contributed by atoms with Gasteiger partial charge in [0.15, 0.2) is 0 Å². The SMILES string of the molecule is CC(N)C1CCCN(c2ncnc3sccc23)C1. The van der Waals surface area contributed by atoms with Crippen molar-refractivity contribution < 1.29 is 0 Å². The largest absolute Gasteiger partial charge is 0.356 e. The van der Waals surface area contributed by atoms with Gasteiger partial charge in [-0.1, -0.05) is 0 Å². The highest BCUT2D eigenvalue weighted by molar-refractivity contribution is 7.16. The lowest BCUT2D eigenvalue weighted by Crippen LogP contribution is -2.42. The summed E-state index contributed by atoms with van der Waals surface area (Å²) in [5, 5.41) is 3.25. The van der Waals surface area contributed by atoms with Crippen LogP contribution in [0.25, 0.3) is 10.2 Å². The number of aromatic nitrogens is 2. The molecule has 0 aliphatic carbocycles. The molecule has 0 saturated carbocycles. The number of anilines is 1. The highest BCUT2D eigenvalue weighted by atomic mass is 32.1. The van der Waals surface area contributed by atoms with Crippen LogP contribution in [-0.2, 0) is 0 Å². The standard InChI is InChI=1S/C13H18N4S/c1-9(14)10-3-2-5-17(7-10)12-11-4-6-18-13(11)16-8-15-12/h4,6,8-10H,2-3,5,7,14H2,1H3. The van der Waals surface area contributed by atoms with E-state index in [9.17, 15) is 0 Å². The van der Waals surface area contributed by atoms with Crippen LogP contribution in [0, 0.1) is 5.92 Å². The maximum Gasteiger partial charge on any atom is 0.140 e. The Balaban J connectivity index is 1.92. The summed E-state index contributed by atoms with van der Waals surface area (Å²) in [6.45, 7) is 4.19. The van der Waals surface area contributed by atoms with Gasteiger partial charge in [0.2, 0.25) is 0 Å². The van der Waals surface area contributed by atoms with E-state index < -0.39 is 0 Å². The summed E-state index contributed by atoms with van der Waals surface area (Å²) in [5.74, 6) is 1.65. The molecule has 0 bridgehead atoms. The topological polar surface area (TPSA) is 55.0 Å². The molecule has 4 nitrogen and oxygen atoms in total. The van der Waals surface area contributed by atoms with Crippen LogP contribution < -0.4 is 10.6 Å². The second-order valence-electron chi connectivity index (χ2n) is 5.04. The van der Waals surface area contributed by atoms with Gasteiger partial charge >= 0.3 is 0 Å². The van der Waals surface area contributed by atoms with Crippen LogP contribution in [0.5, 0.6) is 0 Å². The van der Waals surface area contributed by atoms with Crippen molar-refractivity contribution in [3.05, 3.63) is 17.8 Å². The summed E-state index contributed by atoms with van der Waals surface area (Å²) >= 11 is 1.67. The first-order chi connectivity index (χ1) is 8.75. The molecule has 96 valence electrons. The molecular weight excluding hydrogens is 244 g/mol. The number of hydrogen-bond donors (Lipinski definition) is 1. The molecule has 0 spiro atoms. The normalized spacial score (nSPS) is 22.3. The molecule has 0 aromatic carbocycles. The van der Waals surface area contributed by atoms with Gasteiger partial charge in [0.05, 0.1) is 5.39 Å². The third-order valence-corrected chi connectivity index (χ3v) is 4.56. The van der Waals surface area contributed by atoms with Crippen molar-refractivity contribution in [2.24, 2.45) is 11.7 Å². The van der Waals surface area contributed by atoms with E-state index in [-0.39, 0.29) is 6.04 Å². The molecular formula is C13H18N4S. The highest BCUT2D eigenvalue weighted by Gasteiger charge is 2.24. The lowest BCUT2D eigenvalue weighted by atomic mass is 9.92. The summed E-state index contributed by atoms with van der Waals surface area (Å²) in [6.07, 6.45) is 4.09. The third kappa shape index (κ3) is 2.08. The summed E-state index contributed by atoms with van der Waals surface area (Å²) in [6, 6.07) is 2.37. The van der Waals surface area contributed by atoms with Gasteiger partial charge in [-0.05, 0) is 37.1 Å². The fourth-order valence-corrected chi connectivity index (χ4v) is 3.39. The minimum atomic E-state index is 0.257. The van der Waals surface area contributed by atoms with E-state index in [0.717, 1.165) is 23.7 Å². The van der Waals surface area contributed by atoms with Crippen LogP contribution in [0.1, 0.15) is 19.8 Å². The van der Waals surface area contributed by atoms with E-state index in [1.165, 1.54) is 18.2 Å². The van der Waals surface area contributed by atoms with E-state index in [0.29, 0.717) is 5.92 Å². The second kappa shape index (κ2) is 4.82. The molecule has 1 aliphatic heterocycles. The van der Waals surface area contributed by atoms with Crippen LogP contribution in [0.3, 0.4) is 0 Å². The van der Waals surface area contributed by atoms with Crippen molar-refractivity contribution in [2.45, 2.75) is 25.8 Å². The monoisotopic (exact) mass is 262 g/mol. The van der Waals surface area contributed by atoms with Crippen molar-refractivity contribution >= 4 is 27.4 Å². The lowest BCUT2D eigenvalue weighted by Gasteiger charge is -2.35. The van der Waals surface area contributed by atoms with E-state index in [1.54, 1.807) is 17.7 Å². The van der Waals surface area contributed by atoms with E-state index >= 15 is 0 Å². The maximum absolute atomic E-state index is 6.04. The van der Waals surface area contributed by atoms with Gasteiger partial charge in [-0.2, -0.15) is 0 Å². The van der Waals surface area contributed by atoms with Crippen LogP contribution in [-0.4, -0.2) is 29.1 Å². The van der Waals surface area contributed by atoms with Crippen molar-refractivity contribution in [2.75, 3.05) is 18.0 Å². The van der Waals surface area contributed by atoms with Gasteiger partial charge in [-0.25, -0.2) is 9.97 Å². The number of rotatable bonds is 2. The van der Waals surface area contributed by atoms with Crippen molar-refractivity contribution in [3.63, 3.8) is 0 Å². The predicted molar refractivity (Wildman–Crippen MR) is 76.0 cm³/mol. The van der Waals surface area contributed by atoms with Gasteiger partial charge in [-0.15, -0.1) is 11.3 Å². The molecule has 0 radical (unpaired) electrons. The number of nitrogens with two attached hydrogens (primary N) is 1. The number of piperidine rings is 1. The smallest absolute Gasteiger partial charge is 0.140 e. The summed E-state index contributed by atoms with van der Waals surface area (Å²) in [4.78, 5) is 12.2. The number of nitrogens with zero attached hydrogens (tertiary/aromatic N) is 3. The van der Waals surface area contributed by atoms with E-state index in [4.69, 9.17) is 5.73 Å². The zero-order chi connectivity index (χ0) is 12.5. The summed E-state index contributed by atoms with van der Waals surface area (Å²) in [7, 11) is 0. The van der Waals surface area contributed by atoms with Gasteiger partial charge < -0.3 is 10.6 Å². The molecule has 1 saturated heterocycles. The van der Waals surface area contributed by atoms with Crippen molar-refractivity contribution in [1.29, 1.82) is 0 Å². The Morgan fingerprint density at radius 1 is 1.50 bits per heavy atom. The first kappa shape index (κ1) is 11.9. The lowest BCUT2D eigenvalue weighted by molar-refractivity contribution is 0.363. The Morgan fingerprint density at radius 2 is 2.39 bits per heavy atom. The highest BCUT2D eigenvalue weighted by Crippen LogP contribution is 2.30. The Hall–Kier alpha value is -1.20. The number of fused-ring (bicyclic) bond motifs is 1. The molecule has 3 heterocycles. The fraction of sp³-hybridized carbons (Fsp3) is 0.538. The molecule has 1 aliphatic rings. The fourth-order valence-electron chi connectivity index (χ4n) is 2.66. The Labute approximate surface area is 111 Å². The summed E-state index contributed by atoms with van der Waals surface area (Å²) < 4.78 is 0. The minimum absolute atomic E-state index is 0.257. The van der Waals surface area contributed by atoms with Crippen molar-refractivity contribution in [1.82, 2.24) is 9.97 Å². The molecule has 3 rings (SSSR count). The minimum Gasteiger partial charge on any atom is -0.356 e. The molecule has 2 aromatic rings. The quantitative estimate of drug-likeness (QED) is 0.902. The molecule has 2 unspecified atom stereocenters. The molecule has 5 heteroatoms. The Morgan fingerprint density at radius 3 is 3.22 bits per heavy atom. The van der Waals surface area contributed by atoms with E-state index in [2.05, 4.69) is 33.2 Å². The zero-order valence-electron chi connectivity index (χ0n) is 10.5. The number of thiophene rings is 1. The van der Waals surface area contributed by atoms with Gasteiger partial charge in [0, 0.05) is 19.1 Å². The maximum atomic E-state index is 6.04. The molecule has 1 fully saturated rings. The second-order valence-corrected chi connectivity index (χ2v) is 5.94. The molecule has 18 heavy (non-hydrogen) atoms. The van der Waals surface area contributed by atoms with Crippen molar-refractivity contribution in [3.8, 4) is 0 Å². The average molecular weight is 262 g/mol. The molecule has 2 atom stereocenters. The average Bonchev–Trinajstić information content (AvgIpc) is 2.87. The Kier molecular flexibility index (Phi) is 3.18. The summed E-state index contributed by atoms with van der Waals surface area (Å²) in [5.41, 5.74) is 6.04. The first-order valence-electron chi connectivity index (χ1n) is 6.44. The number of hydrogen-bond acceptors (Lipinski definition) is 5. The first-order valence-corrected chi connectivity index (χ1v) is 7.32. The Bertz CT molecular complexity index is 537.